The van der Waals surface area contributed by atoms with Crippen LogP contribution in [0.1, 0.15) is 32.1 Å². The molecule has 5 rings (SSSR count). The highest BCUT2D eigenvalue weighted by Crippen LogP contribution is 2.30. The molecule has 7 heteroatoms. The molecule has 0 spiro atoms. The lowest BCUT2D eigenvalue weighted by atomic mass is 9.85. The number of amides is 2. The van der Waals surface area contributed by atoms with Crippen LogP contribution in [0.3, 0.4) is 0 Å². The van der Waals surface area contributed by atoms with Gasteiger partial charge in [-0.1, -0.05) is 24.6 Å². The smallest absolute Gasteiger partial charge is 0.249 e. The number of fused-ring (bicyclic) bond motifs is 1. The molecule has 2 amide bonds. The van der Waals surface area contributed by atoms with Crippen molar-refractivity contribution in [2.45, 2.75) is 32.1 Å². The third kappa shape index (κ3) is 3.24. The number of nitrogens with one attached hydrogen (secondary N) is 2. The molecule has 0 unspecified atom stereocenters. The molecule has 2 aliphatic rings. The summed E-state index contributed by atoms with van der Waals surface area (Å²) < 4.78 is 1.73. The molecule has 2 fully saturated rings. The molecule has 2 N–H and O–H groups in total. The highest BCUT2D eigenvalue weighted by Gasteiger charge is 2.30. The number of nitrogens with zero attached hydrogens (tertiary/aromatic N) is 3. The molecular formula is C21H21N5O2. The topological polar surface area (TPSA) is 88.4 Å². The van der Waals surface area contributed by atoms with Crippen LogP contribution in [0.15, 0.2) is 42.5 Å². The quantitative estimate of drug-likeness (QED) is 0.714. The fourth-order valence-electron chi connectivity index (χ4n) is 3.37. The number of rotatable bonds is 5. The van der Waals surface area contributed by atoms with Crippen LogP contribution in [0, 0.1) is 11.8 Å². The molecular weight excluding hydrogens is 354 g/mol. The van der Waals surface area contributed by atoms with E-state index in [1.165, 1.54) is 0 Å². The van der Waals surface area contributed by atoms with Crippen molar-refractivity contribution in [2.24, 2.45) is 11.8 Å². The minimum absolute atomic E-state index is 0.0102. The van der Waals surface area contributed by atoms with Gasteiger partial charge in [0, 0.05) is 23.1 Å². The van der Waals surface area contributed by atoms with Gasteiger partial charge in [-0.15, -0.1) is 5.10 Å². The number of pyridine rings is 1. The third-order valence-electron chi connectivity index (χ3n) is 5.47. The van der Waals surface area contributed by atoms with E-state index in [0.29, 0.717) is 11.6 Å². The van der Waals surface area contributed by atoms with Crippen LogP contribution in [0.5, 0.6) is 0 Å². The lowest BCUT2D eigenvalue weighted by Crippen LogP contribution is -2.27. The molecule has 3 aromatic rings. The Labute approximate surface area is 162 Å². The van der Waals surface area contributed by atoms with Crippen LogP contribution in [-0.4, -0.2) is 26.4 Å². The van der Waals surface area contributed by atoms with Gasteiger partial charge in [0.2, 0.25) is 17.8 Å². The minimum atomic E-state index is -0.0102. The molecule has 0 atom stereocenters. The molecule has 0 saturated heterocycles. The van der Waals surface area contributed by atoms with E-state index in [0.717, 1.165) is 49.0 Å². The van der Waals surface area contributed by atoms with E-state index in [2.05, 4.69) is 20.7 Å². The molecule has 0 radical (unpaired) electrons. The molecule has 0 aliphatic heterocycles. The third-order valence-corrected chi connectivity index (χ3v) is 5.47. The molecule has 7 nitrogen and oxygen atoms in total. The summed E-state index contributed by atoms with van der Waals surface area (Å²) in [5.41, 5.74) is 3.29. The van der Waals surface area contributed by atoms with Gasteiger partial charge in [-0.05, 0) is 49.9 Å². The van der Waals surface area contributed by atoms with Gasteiger partial charge in [0.15, 0.2) is 5.65 Å². The summed E-state index contributed by atoms with van der Waals surface area (Å²) in [4.78, 5) is 28.5. The Hall–Kier alpha value is -3.22. The zero-order valence-electron chi connectivity index (χ0n) is 15.4. The minimum Gasteiger partial charge on any atom is -0.326 e. The maximum atomic E-state index is 12.1. The van der Waals surface area contributed by atoms with Crippen LogP contribution in [-0.2, 0) is 9.59 Å². The number of aromatic nitrogens is 3. The summed E-state index contributed by atoms with van der Waals surface area (Å²) in [6, 6.07) is 13.4. The predicted molar refractivity (Wildman–Crippen MR) is 106 cm³/mol. The van der Waals surface area contributed by atoms with Crippen LogP contribution >= 0.6 is 0 Å². The molecule has 2 saturated carbocycles. The van der Waals surface area contributed by atoms with Crippen molar-refractivity contribution in [3.8, 4) is 11.3 Å². The second-order valence-electron chi connectivity index (χ2n) is 7.57. The van der Waals surface area contributed by atoms with Crippen molar-refractivity contribution in [3.63, 3.8) is 0 Å². The van der Waals surface area contributed by atoms with Crippen molar-refractivity contribution in [1.82, 2.24) is 14.6 Å². The van der Waals surface area contributed by atoms with Crippen LogP contribution in [0.4, 0.5) is 11.6 Å². The van der Waals surface area contributed by atoms with Crippen molar-refractivity contribution in [1.29, 1.82) is 0 Å². The maximum absolute atomic E-state index is 12.1. The first kappa shape index (κ1) is 16.9. The lowest BCUT2D eigenvalue weighted by molar-refractivity contribution is -0.122. The number of hydrogen-bond donors (Lipinski definition) is 2. The number of anilines is 2. The van der Waals surface area contributed by atoms with E-state index in [1.54, 1.807) is 4.52 Å². The molecule has 2 aliphatic carbocycles. The Morgan fingerprint density at radius 2 is 1.61 bits per heavy atom. The summed E-state index contributed by atoms with van der Waals surface area (Å²) in [6.45, 7) is 0. The van der Waals surface area contributed by atoms with Gasteiger partial charge in [-0.25, -0.2) is 4.52 Å². The van der Waals surface area contributed by atoms with Gasteiger partial charge >= 0.3 is 0 Å². The van der Waals surface area contributed by atoms with Crippen molar-refractivity contribution >= 4 is 29.1 Å². The molecule has 2 heterocycles. The molecule has 0 bridgehead atoms. The summed E-state index contributed by atoms with van der Waals surface area (Å²) in [5.74, 6) is 0.688. The first-order chi connectivity index (χ1) is 13.7. The van der Waals surface area contributed by atoms with E-state index in [9.17, 15) is 9.59 Å². The van der Waals surface area contributed by atoms with Crippen LogP contribution in [0.25, 0.3) is 16.9 Å². The van der Waals surface area contributed by atoms with E-state index in [1.807, 2.05) is 42.5 Å². The van der Waals surface area contributed by atoms with Gasteiger partial charge in [0.25, 0.3) is 0 Å². The Kier molecular flexibility index (Phi) is 4.07. The summed E-state index contributed by atoms with van der Waals surface area (Å²) in [5, 5.41) is 10.2. The second kappa shape index (κ2) is 6.74. The number of carbonyl (C=O) groups excluding carboxylic acids is 2. The summed E-state index contributed by atoms with van der Waals surface area (Å²) in [6.07, 6.45) is 4.99. The Morgan fingerprint density at radius 3 is 2.29 bits per heavy atom. The first-order valence-corrected chi connectivity index (χ1v) is 9.75. The maximum Gasteiger partial charge on any atom is 0.249 e. The highest BCUT2D eigenvalue weighted by molar-refractivity contribution is 5.93. The van der Waals surface area contributed by atoms with E-state index in [-0.39, 0.29) is 23.7 Å². The largest absolute Gasteiger partial charge is 0.326 e. The van der Waals surface area contributed by atoms with Crippen molar-refractivity contribution in [3.05, 3.63) is 42.5 Å². The van der Waals surface area contributed by atoms with Gasteiger partial charge in [-0.2, -0.15) is 4.98 Å². The normalized spacial score (nSPS) is 16.6. The monoisotopic (exact) mass is 375 g/mol. The van der Waals surface area contributed by atoms with Crippen molar-refractivity contribution < 1.29 is 9.59 Å². The number of benzene rings is 1. The van der Waals surface area contributed by atoms with E-state index >= 15 is 0 Å². The van der Waals surface area contributed by atoms with Crippen molar-refractivity contribution in [2.75, 3.05) is 10.6 Å². The molecule has 1 aromatic carbocycles. The summed E-state index contributed by atoms with van der Waals surface area (Å²) >= 11 is 0. The zero-order valence-corrected chi connectivity index (χ0v) is 15.4. The Bertz CT molecular complexity index is 1050. The lowest BCUT2D eigenvalue weighted by Gasteiger charge is -2.24. The number of carbonyl (C=O) groups is 2. The zero-order chi connectivity index (χ0) is 19.1. The second-order valence-corrected chi connectivity index (χ2v) is 7.57. The Morgan fingerprint density at radius 1 is 0.893 bits per heavy atom. The molecule has 28 heavy (non-hydrogen) atoms. The van der Waals surface area contributed by atoms with Gasteiger partial charge < -0.3 is 5.32 Å². The average Bonchev–Trinajstić information content (AvgIpc) is 3.41. The van der Waals surface area contributed by atoms with Crippen LogP contribution < -0.4 is 10.6 Å². The highest BCUT2D eigenvalue weighted by atomic mass is 16.2. The van der Waals surface area contributed by atoms with Gasteiger partial charge in [0.1, 0.15) is 0 Å². The van der Waals surface area contributed by atoms with E-state index in [4.69, 9.17) is 0 Å². The van der Waals surface area contributed by atoms with Gasteiger partial charge in [0.05, 0.1) is 5.69 Å². The molecule has 2 aromatic heterocycles. The fraction of sp³-hybridized carbons (Fsp3) is 0.333. The number of hydrogen-bond acceptors (Lipinski definition) is 4. The predicted octanol–water partition coefficient (Wildman–Crippen LogP) is 3.48. The SMILES string of the molecule is O=C(Nc1ccc(-c2cccc3nc(NC(=O)C4CC4)nn23)cc1)C1CCC1. The first-order valence-electron chi connectivity index (χ1n) is 9.75. The summed E-state index contributed by atoms with van der Waals surface area (Å²) in [7, 11) is 0. The standard InChI is InChI=1S/C21H21N5O2/c27-19(14-3-1-4-14)22-16-11-9-13(10-12-16)17-5-2-6-18-23-21(25-26(17)18)24-20(28)15-7-8-15/h2,5-6,9-12,14-15H,1,3-4,7-8H2,(H,22,27)(H,24,25,28). The Balaban J connectivity index is 1.38. The van der Waals surface area contributed by atoms with Crippen LogP contribution in [0.2, 0.25) is 0 Å². The molecule has 142 valence electrons. The van der Waals surface area contributed by atoms with E-state index < -0.39 is 0 Å². The fourth-order valence-corrected chi connectivity index (χ4v) is 3.37. The van der Waals surface area contributed by atoms with Gasteiger partial charge in [-0.3, -0.25) is 14.9 Å². The average molecular weight is 375 g/mol.